The van der Waals surface area contributed by atoms with E-state index < -0.39 is 5.60 Å². The quantitative estimate of drug-likeness (QED) is 0.300. The maximum atomic E-state index is 13.2. The molecule has 3 unspecified atom stereocenters. The van der Waals surface area contributed by atoms with Gasteiger partial charge in [0.15, 0.2) is 5.60 Å². The van der Waals surface area contributed by atoms with Crippen molar-refractivity contribution in [1.29, 1.82) is 0 Å². The van der Waals surface area contributed by atoms with Crippen LogP contribution in [0.15, 0.2) is 42.5 Å². The molecule has 4 nitrogen and oxygen atoms in total. The number of nitrogens with one attached hydrogen (secondary N) is 1. The Kier molecular flexibility index (Phi) is 10.6. The molecule has 0 saturated carbocycles. The molecular weight excluding hydrogens is 469 g/mol. The van der Waals surface area contributed by atoms with E-state index in [9.17, 15) is 4.79 Å². The minimum Gasteiger partial charge on any atom is -0.478 e. The summed E-state index contributed by atoms with van der Waals surface area (Å²) < 4.78 is 6.10. The predicted octanol–water partition coefficient (Wildman–Crippen LogP) is 7.99. The van der Waals surface area contributed by atoms with E-state index in [4.69, 9.17) is 44.4 Å². The highest BCUT2D eigenvalue weighted by molar-refractivity contribution is 6.34. The molecule has 0 fully saturated rings. The summed E-state index contributed by atoms with van der Waals surface area (Å²) in [6.45, 7) is 7.96. The van der Waals surface area contributed by atoms with Gasteiger partial charge in [-0.2, -0.15) is 0 Å². The number of amides is 1. The lowest BCUT2D eigenvalue weighted by molar-refractivity contribution is -0.155. The number of halogens is 3. The average Bonchev–Trinajstić information content (AvgIpc) is 2.75. The second-order valence-electron chi connectivity index (χ2n) is 8.10. The fourth-order valence-electron chi connectivity index (χ4n) is 3.68. The Morgan fingerprint density at radius 2 is 1.59 bits per heavy atom. The van der Waals surface area contributed by atoms with E-state index >= 15 is 0 Å². The Morgan fingerprint density at radius 3 is 2.12 bits per heavy atom. The molecule has 2 rings (SSSR count). The molecule has 0 bridgehead atoms. The van der Waals surface area contributed by atoms with Crippen molar-refractivity contribution >= 4 is 40.7 Å². The van der Waals surface area contributed by atoms with Crippen molar-refractivity contribution in [2.45, 2.75) is 77.4 Å². The topological polar surface area (TPSA) is 47.6 Å². The number of hydroxylamine groups is 1. The van der Waals surface area contributed by atoms with E-state index in [1.54, 1.807) is 25.1 Å². The lowest BCUT2D eigenvalue weighted by atomic mass is 9.90. The normalized spacial score (nSPS) is 15.0. The molecule has 32 heavy (non-hydrogen) atoms. The molecule has 0 heterocycles. The van der Waals surface area contributed by atoms with Gasteiger partial charge >= 0.3 is 0 Å². The smallest absolute Gasteiger partial charge is 0.287 e. The first-order valence-electron chi connectivity index (χ1n) is 11.1. The van der Waals surface area contributed by atoms with Gasteiger partial charge in [-0.15, -0.1) is 0 Å². The van der Waals surface area contributed by atoms with Crippen molar-refractivity contribution in [3.63, 3.8) is 0 Å². The molecule has 0 saturated heterocycles. The van der Waals surface area contributed by atoms with Gasteiger partial charge in [-0.3, -0.25) is 9.63 Å². The highest BCUT2D eigenvalue weighted by Crippen LogP contribution is 2.31. The molecule has 0 aromatic heterocycles. The van der Waals surface area contributed by atoms with Crippen LogP contribution < -0.4 is 10.2 Å². The van der Waals surface area contributed by atoms with Crippen LogP contribution in [0.5, 0.6) is 5.75 Å². The van der Waals surface area contributed by atoms with Crippen molar-refractivity contribution in [3.05, 3.63) is 63.1 Å². The standard InChI is InChI=1S/C25H32Cl3NO3/c1-5-8-13-25(4,31-21-15-19(27)14-20(28)16-21)24(30)29-32-23(7-3)22(6-2)17-9-11-18(26)12-10-17/h9-12,14-16,22-23H,5-8,13H2,1-4H3,(H,29,30). The van der Waals surface area contributed by atoms with Gasteiger partial charge in [0.2, 0.25) is 0 Å². The number of carbonyl (C=O) groups is 1. The summed E-state index contributed by atoms with van der Waals surface area (Å²) in [6.07, 6.45) is 3.67. The van der Waals surface area contributed by atoms with Gasteiger partial charge < -0.3 is 4.74 Å². The van der Waals surface area contributed by atoms with Gasteiger partial charge in [-0.05, 0) is 68.5 Å². The average molecular weight is 501 g/mol. The molecule has 1 N–H and O–H groups in total. The van der Waals surface area contributed by atoms with Crippen LogP contribution in [0, 0.1) is 0 Å². The van der Waals surface area contributed by atoms with Gasteiger partial charge in [0.1, 0.15) is 5.75 Å². The second kappa shape index (κ2) is 12.7. The number of rotatable bonds is 12. The van der Waals surface area contributed by atoms with Crippen LogP contribution in [0.2, 0.25) is 15.1 Å². The van der Waals surface area contributed by atoms with Gasteiger partial charge in [0.05, 0.1) is 6.10 Å². The monoisotopic (exact) mass is 499 g/mol. The predicted molar refractivity (Wildman–Crippen MR) is 133 cm³/mol. The second-order valence-corrected chi connectivity index (χ2v) is 9.41. The highest BCUT2D eigenvalue weighted by Gasteiger charge is 2.36. The van der Waals surface area contributed by atoms with Crippen molar-refractivity contribution < 1.29 is 14.4 Å². The van der Waals surface area contributed by atoms with Crippen molar-refractivity contribution in [3.8, 4) is 5.75 Å². The van der Waals surface area contributed by atoms with Crippen LogP contribution in [-0.2, 0) is 9.63 Å². The molecule has 0 aliphatic carbocycles. The van der Waals surface area contributed by atoms with E-state index in [0.717, 1.165) is 31.2 Å². The molecule has 0 radical (unpaired) electrons. The molecule has 7 heteroatoms. The van der Waals surface area contributed by atoms with E-state index in [-0.39, 0.29) is 17.9 Å². The van der Waals surface area contributed by atoms with Crippen LogP contribution >= 0.6 is 34.8 Å². The van der Waals surface area contributed by atoms with Crippen molar-refractivity contribution in [2.24, 2.45) is 0 Å². The molecule has 1 amide bonds. The molecule has 0 aliphatic heterocycles. The van der Waals surface area contributed by atoms with Crippen LogP contribution in [0.3, 0.4) is 0 Å². The summed E-state index contributed by atoms with van der Waals surface area (Å²) in [5, 5.41) is 1.58. The summed E-state index contributed by atoms with van der Waals surface area (Å²) in [4.78, 5) is 19.2. The van der Waals surface area contributed by atoms with Crippen LogP contribution in [0.4, 0.5) is 0 Å². The lowest BCUT2D eigenvalue weighted by Crippen LogP contribution is -2.50. The summed E-state index contributed by atoms with van der Waals surface area (Å²) in [6, 6.07) is 12.7. The van der Waals surface area contributed by atoms with Crippen molar-refractivity contribution in [1.82, 2.24) is 5.48 Å². The Labute approximate surface area is 206 Å². The zero-order valence-corrected chi connectivity index (χ0v) is 21.4. The number of carbonyl (C=O) groups excluding carboxylic acids is 1. The first-order valence-corrected chi connectivity index (χ1v) is 12.2. The maximum absolute atomic E-state index is 13.2. The summed E-state index contributed by atoms with van der Waals surface area (Å²) in [5.41, 5.74) is 2.66. The zero-order valence-electron chi connectivity index (χ0n) is 19.1. The van der Waals surface area contributed by atoms with Crippen LogP contribution in [0.25, 0.3) is 0 Å². The number of benzene rings is 2. The minimum absolute atomic E-state index is 0.118. The largest absolute Gasteiger partial charge is 0.478 e. The number of unbranched alkanes of at least 4 members (excludes halogenated alkanes) is 1. The Bertz CT molecular complexity index is 855. The lowest BCUT2D eigenvalue weighted by Gasteiger charge is -2.31. The third-order valence-electron chi connectivity index (χ3n) is 5.56. The minimum atomic E-state index is -1.13. The van der Waals surface area contributed by atoms with Gasteiger partial charge in [-0.25, -0.2) is 5.48 Å². The third kappa shape index (κ3) is 7.55. The fraction of sp³-hybridized carbons (Fsp3) is 0.480. The molecule has 2 aromatic carbocycles. The van der Waals surface area contributed by atoms with E-state index in [1.807, 2.05) is 31.2 Å². The Hall–Kier alpha value is -1.46. The van der Waals surface area contributed by atoms with E-state index in [1.165, 1.54) is 0 Å². The molecule has 176 valence electrons. The van der Waals surface area contributed by atoms with Gasteiger partial charge in [0.25, 0.3) is 5.91 Å². The first kappa shape index (κ1) is 26.8. The molecule has 2 aromatic rings. The number of hydrogen-bond donors (Lipinski definition) is 1. The highest BCUT2D eigenvalue weighted by atomic mass is 35.5. The summed E-state index contributed by atoms with van der Waals surface area (Å²) in [7, 11) is 0. The maximum Gasteiger partial charge on any atom is 0.287 e. The molecule has 0 spiro atoms. The number of hydrogen-bond acceptors (Lipinski definition) is 3. The van der Waals surface area contributed by atoms with Crippen LogP contribution in [0.1, 0.15) is 71.3 Å². The summed E-state index contributed by atoms with van der Waals surface area (Å²) >= 11 is 18.2. The van der Waals surface area contributed by atoms with E-state index in [0.29, 0.717) is 27.2 Å². The Balaban J connectivity index is 2.15. The third-order valence-corrected chi connectivity index (χ3v) is 6.25. The van der Waals surface area contributed by atoms with Gasteiger partial charge in [0, 0.05) is 21.0 Å². The van der Waals surface area contributed by atoms with Gasteiger partial charge in [-0.1, -0.05) is 74.1 Å². The SMILES string of the molecule is CCCCC(C)(Oc1cc(Cl)cc(Cl)c1)C(=O)NOC(CC)C(CC)c1ccc(Cl)cc1. The fourth-order valence-corrected chi connectivity index (χ4v) is 4.31. The molecule has 3 atom stereocenters. The molecular formula is C25H32Cl3NO3. The number of ether oxygens (including phenoxy) is 1. The molecule has 0 aliphatic rings. The van der Waals surface area contributed by atoms with E-state index in [2.05, 4.69) is 19.3 Å². The van der Waals surface area contributed by atoms with Crippen LogP contribution in [-0.4, -0.2) is 17.6 Å². The Morgan fingerprint density at radius 1 is 0.969 bits per heavy atom. The van der Waals surface area contributed by atoms with Crippen molar-refractivity contribution in [2.75, 3.05) is 0 Å². The first-order chi connectivity index (χ1) is 15.2. The summed E-state index contributed by atoms with van der Waals surface area (Å²) in [5.74, 6) is 0.217. The zero-order chi connectivity index (χ0) is 23.7.